The summed E-state index contributed by atoms with van der Waals surface area (Å²) < 4.78 is 38.2. The smallest absolute Gasteiger partial charge is 0.289 e. The molecule has 3 rings (SSSR count). The van der Waals surface area contributed by atoms with Crippen molar-refractivity contribution in [1.29, 1.82) is 0 Å². The number of para-hydroxylation sites is 1. The molecule has 1 aromatic heterocycles. The van der Waals surface area contributed by atoms with Gasteiger partial charge in [-0.1, -0.05) is 12.1 Å². The SMILES string of the molecule is COc1cccc2cc(C(=O)N(C)C(C)c3cc(F)ccc3F)oc12. The van der Waals surface area contributed by atoms with Crippen LogP contribution in [0.4, 0.5) is 8.78 Å². The van der Waals surface area contributed by atoms with Gasteiger partial charge in [0.05, 0.1) is 13.2 Å². The summed E-state index contributed by atoms with van der Waals surface area (Å²) in [5.41, 5.74) is 0.566. The number of ether oxygens (including phenoxy) is 1. The molecule has 4 nitrogen and oxygen atoms in total. The molecular weight excluding hydrogens is 328 g/mol. The second-order valence-electron chi connectivity index (χ2n) is 5.75. The second-order valence-corrected chi connectivity index (χ2v) is 5.75. The molecule has 0 N–H and O–H groups in total. The average Bonchev–Trinajstić information content (AvgIpc) is 3.06. The van der Waals surface area contributed by atoms with Crippen LogP contribution >= 0.6 is 0 Å². The van der Waals surface area contributed by atoms with Crippen LogP contribution in [0.15, 0.2) is 46.9 Å². The van der Waals surface area contributed by atoms with Crippen LogP contribution in [0.2, 0.25) is 0 Å². The Morgan fingerprint density at radius 1 is 1.20 bits per heavy atom. The van der Waals surface area contributed by atoms with Gasteiger partial charge in [0.25, 0.3) is 5.91 Å². The van der Waals surface area contributed by atoms with Crippen molar-refractivity contribution in [1.82, 2.24) is 4.90 Å². The highest BCUT2D eigenvalue weighted by molar-refractivity contribution is 5.97. The predicted molar refractivity (Wildman–Crippen MR) is 89.6 cm³/mol. The standard InChI is InChI=1S/C19H17F2NO3/c1-11(14-10-13(20)7-8-15(14)21)22(2)19(23)17-9-12-5-4-6-16(24-3)18(12)25-17/h4-11H,1-3H3. The van der Waals surface area contributed by atoms with Crippen LogP contribution in [0.1, 0.15) is 29.1 Å². The Labute approximate surface area is 143 Å². The summed E-state index contributed by atoms with van der Waals surface area (Å²) in [5.74, 6) is -0.944. The molecule has 25 heavy (non-hydrogen) atoms. The number of carbonyl (C=O) groups is 1. The molecule has 0 bridgehead atoms. The Morgan fingerprint density at radius 2 is 1.96 bits per heavy atom. The molecule has 0 aliphatic rings. The van der Waals surface area contributed by atoms with E-state index in [9.17, 15) is 13.6 Å². The Hall–Kier alpha value is -2.89. The van der Waals surface area contributed by atoms with Gasteiger partial charge < -0.3 is 14.1 Å². The summed E-state index contributed by atoms with van der Waals surface area (Å²) >= 11 is 0. The Balaban J connectivity index is 1.93. The molecule has 1 amide bonds. The van der Waals surface area contributed by atoms with Crippen LogP contribution in [0.25, 0.3) is 11.0 Å². The quantitative estimate of drug-likeness (QED) is 0.696. The average molecular weight is 345 g/mol. The van der Waals surface area contributed by atoms with E-state index in [1.807, 2.05) is 0 Å². The van der Waals surface area contributed by atoms with Gasteiger partial charge in [0.1, 0.15) is 11.6 Å². The highest BCUT2D eigenvalue weighted by Crippen LogP contribution is 2.30. The number of furan rings is 1. The van der Waals surface area contributed by atoms with Crippen molar-refractivity contribution < 1.29 is 22.7 Å². The molecule has 2 aromatic carbocycles. The van der Waals surface area contributed by atoms with Gasteiger partial charge in [-0.15, -0.1) is 0 Å². The molecule has 0 saturated heterocycles. The van der Waals surface area contributed by atoms with Crippen molar-refractivity contribution in [2.75, 3.05) is 14.2 Å². The summed E-state index contributed by atoms with van der Waals surface area (Å²) in [5, 5.41) is 0.723. The Bertz CT molecular complexity index is 936. The first kappa shape index (κ1) is 17.0. The molecule has 130 valence electrons. The third-order valence-corrected chi connectivity index (χ3v) is 4.25. The molecule has 0 spiro atoms. The van der Waals surface area contributed by atoms with E-state index in [-0.39, 0.29) is 11.3 Å². The Morgan fingerprint density at radius 3 is 2.68 bits per heavy atom. The van der Waals surface area contributed by atoms with Gasteiger partial charge in [-0.2, -0.15) is 0 Å². The zero-order valence-electron chi connectivity index (χ0n) is 14.0. The molecule has 6 heteroatoms. The zero-order chi connectivity index (χ0) is 18.1. The van der Waals surface area contributed by atoms with E-state index in [1.165, 1.54) is 19.1 Å². The van der Waals surface area contributed by atoms with Gasteiger partial charge in [0, 0.05) is 18.0 Å². The third-order valence-electron chi connectivity index (χ3n) is 4.25. The highest BCUT2D eigenvalue weighted by Gasteiger charge is 2.25. The lowest BCUT2D eigenvalue weighted by atomic mass is 10.1. The van der Waals surface area contributed by atoms with E-state index in [2.05, 4.69) is 0 Å². The first-order valence-corrected chi connectivity index (χ1v) is 7.71. The lowest BCUT2D eigenvalue weighted by Crippen LogP contribution is -2.30. The maximum Gasteiger partial charge on any atom is 0.289 e. The maximum absolute atomic E-state index is 14.0. The fourth-order valence-corrected chi connectivity index (χ4v) is 2.70. The molecule has 1 atom stereocenters. The van der Waals surface area contributed by atoms with Crippen LogP contribution in [-0.4, -0.2) is 25.0 Å². The lowest BCUT2D eigenvalue weighted by molar-refractivity contribution is 0.0710. The van der Waals surface area contributed by atoms with E-state index >= 15 is 0 Å². The maximum atomic E-state index is 14.0. The summed E-state index contributed by atoms with van der Waals surface area (Å²) in [4.78, 5) is 14.0. The van der Waals surface area contributed by atoms with Crippen molar-refractivity contribution in [3.05, 3.63) is 65.4 Å². The van der Waals surface area contributed by atoms with Crippen LogP contribution < -0.4 is 4.74 Å². The first-order valence-electron chi connectivity index (χ1n) is 7.71. The van der Waals surface area contributed by atoms with Crippen molar-refractivity contribution >= 4 is 16.9 Å². The fraction of sp³-hybridized carbons (Fsp3) is 0.211. The van der Waals surface area contributed by atoms with E-state index in [1.54, 1.807) is 31.2 Å². The molecule has 1 heterocycles. The number of methoxy groups -OCH3 is 1. The number of hydrogen-bond acceptors (Lipinski definition) is 3. The molecule has 0 aliphatic carbocycles. The first-order chi connectivity index (χ1) is 11.9. The summed E-state index contributed by atoms with van der Waals surface area (Å²) in [7, 11) is 3.03. The van der Waals surface area contributed by atoms with Gasteiger partial charge in [-0.25, -0.2) is 8.78 Å². The number of hydrogen-bond donors (Lipinski definition) is 0. The summed E-state index contributed by atoms with van der Waals surface area (Å²) in [6.45, 7) is 1.62. The minimum Gasteiger partial charge on any atom is -0.493 e. The van der Waals surface area contributed by atoms with E-state index in [0.717, 1.165) is 23.6 Å². The van der Waals surface area contributed by atoms with E-state index < -0.39 is 23.6 Å². The molecule has 0 saturated carbocycles. The normalized spacial score (nSPS) is 12.2. The van der Waals surface area contributed by atoms with E-state index in [0.29, 0.717) is 11.3 Å². The number of fused-ring (bicyclic) bond motifs is 1. The number of rotatable bonds is 4. The van der Waals surface area contributed by atoms with Gasteiger partial charge in [-0.05, 0) is 37.3 Å². The topological polar surface area (TPSA) is 42.7 Å². The molecule has 3 aromatic rings. The summed E-state index contributed by atoms with van der Waals surface area (Å²) in [6.07, 6.45) is 0. The predicted octanol–water partition coefficient (Wildman–Crippen LogP) is 4.55. The van der Waals surface area contributed by atoms with Crippen LogP contribution in [0, 0.1) is 11.6 Å². The largest absolute Gasteiger partial charge is 0.493 e. The molecule has 1 unspecified atom stereocenters. The molecule has 0 fully saturated rings. The van der Waals surface area contributed by atoms with Crippen molar-refractivity contribution in [3.8, 4) is 5.75 Å². The van der Waals surface area contributed by atoms with Gasteiger partial charge in [-0.3, -0.25) is 4.79 Å². The minimum absolute atomic E-state index is 0.101. The summed E-state index contributed by atoms with van der Waals surface area (Å²) in [6, 6.07) is 9.43. The van der Waals surface area contributed by atoms with Gasteiger partial charge in [0.2, 0.25) is 0 Å². The van der Waals surface area contributed by atoms with Crippen molar-refractivity contribution in [2.45, 2.75) is 13.0 Å². The monoisotopic (exact) mass is 345 g/mol. The number of benzene rings is 2. The van der Waals surface area contributed by atoms with Crippen LogP contribution in [0.5, 0.6) is 5.75 Å². The number of nitrogens with zero attached hydrogens (tertiary/aromatic N) is 1. The van der Waals surface area contributed by atoms with Crippen LogP contribution in [0.3, 0.4) is 0 Å². The Kier molecular flexibility index (Phi) is 4.44. The fourth-order valence-electron chi connectivity index (χ4n) is 2.70. The van der Waals surface area contributed by atoms with Crippen LogP contribution in [-0.2, 0) is 0 Å². The molecular formula is C19H17F2NO3. The number of amides is 1. The minimum atomic E-state index is -0.668. The molecule has 0 radical (unpaired) electrons. The van der Waals surface area contributed by atoms with Crippen molar-refractivity contribution in [3.63, 3.8) is 0 Å². The highest BCUT2D eigenvalue weighted by atomic mass is 19.1. The third kappa shape index (κ3) is 3.07. The van der Waals surface area contributed by atoms with E-state index in [4.69, 9.17) is 9.15 Å². The number of carbonyl (C=O) groups excluding carboxylic acids is 1. The number of halogens is 2. The van der Waals surface area contributed by atoms with Gasteiger partial charge >= 0.3 is 0 Å². The zero-order valence-corrected chi connectivity index (χ0v) is 14.0. The second kappa shape index (κ2) is 6.55. The lowest BCUT2D eigenvalue weighted by Gasteiger charge is -2.24. The van der Waals surface area contributed by atoms with Gasteiger partial charge in [0.15, 0.2) is 17.1 Å². The molecule has 0 aliphatic heterocycles. The van der Waals surface area contributed by atoms with Crippen molar-refractivity contribution in [2.24, 2.45) is 0 Å².